The van der Waals surface area contributed by atoms with E-state index in [1.54, 1.807) is 27.1 Å². The predicted molar refractivity (Wildman–Crippen MR) is 64.4 cm³/mol. The number of ether oxygens (including phenoxy) is 1. The van der Waals surface area contributed by atoms with E-state index in [1.165, 1.54) is 4.90 Å². The molecular formula is C12H18N2O2. The van der Waals surface area contributed by atoms with Crippen molar-refractivity contribution in [1.82, 2.24) is 4.90 Å². The zero-order valence-electron chi connectivity index (χ0n) is 10.2. The maximum Gasteiger partial charge on any atom is 0.262 e. The zero-order chi connectivity index (χ0) is 12.3. The van der Waals surface area contributed by atoms with Crippen molar-refractivity contribution in [2.45, 2.75) is 20.0 Å². The third-order valence-electron chi connectivity index (χ3n) is 2.33. The van der Waals surface area contributed by atoms with Crippen LogP contribution in [0.2, 0.25) is 0 Å². The highest BCUT2D eigenvalue weighted by Crippen LogP contribution is 2.26. The Kier molecular flexibility index (Phi) is 3.77. The molecule has 0 aromatic heterocycles. The lowest BCUT2D eigenvalue weighted by molar-refractivity contribution is -0.135. The Bertz CT molecular complexity index is 368. The quantitative estimate of drug-likeness (QED) is 0.787. The van der Waals surface area contributed by atoms with Crippen LogP contribution in [0.15, 0.2) is 18.2 Å². The molecule has 16 heavy (non-hydrogen) atoms. The second kappa shape index (κ2) is 4.88. The first-order chi connectivity index (χ1) is 7.43. The van der Waals surface area contributed by atoms with Gasteiger partial charge in [-0.3, -0.25) is 4.79 Å². The molecule has 1 atom stereocenters. The highest BCUT2D eigenvalue weighted by atomic mass is 16.5. The normalized spacial score (nSPS) is 12.0. The molecule has 1 unspecified atom stereocenters. The Morgan fingerprint density at radius 1 is 1.44 bits per heavy atom. The zero-order valence-corrected chi connectivity index (χ0v) is 10.2. The molecule has 0 heterocycles. The third-order valence-corrected chi connectivity index (χ3v) is 2.33. The third kappa shape index (κ3) is 2.66. The minimum absolute atomic E-state index is 0.0809. The highest BCUT2D eigenvalue weighted by molar-refractivity contribution is 5.80. The van der Waals surface area contributed by atoms with E-state index in [1.807, 2.05) is 19.1 Å². The summed E-state index contributed by atoms with van der Waals surface area (Å²) in [7, 11) is 3.40. The summed E-state index contributed by atoms with van der Waals surface area (Å²) in [6, 6.07) is 5.52. The maximum atomic E-state index is 11.6. The van der Waals surface area contributed by atoms with Crippen LogP contribution in [0.5, 0.6) is 5.75 Å². The van der Waals surface area contributed by atoms with Gasteiger partial charge in [0.1, 0.15) is 5.75 Å². The fourth-order valence-corrected chi connectivity index (χ4v) is 1.43. The number of hydrogen-bond donors (Lipinski definition) is 1. The number of likely N-dealkylation sites (N-methyl/N-ethyl adjacent to an activating group) is 1. The van der Waals surface area contributed by atoms with Crippen LogP contribution < -0.4 is 10.5 Å². The molecule has 1 aromatic carbocycles. The maximum absolute atomic E-state index is 11.6. The van der Waals surface area contributed by atoms with Gasteiger partial charge in [0.15, 0.2) is 6.10 Å². The first-order valence-corrected chi connectivity index (χ1v) is 5.16. The van der Waals surface area contributed by atoms with Gasteiger partial charge in [0.25, 0.3) is 5.91 Å². The molecule has 1 rings (SSSR count). The molecular weight excluding hydrogens is 204 g/mol. The van der Waals surface area contributed by atoms with Gasteiger partial charge in [-0.25, -0.2) is 0 Å². The van der Waals surface area contributed by atoms with E-state index in [0.717, 1.165) is 5.56 Å². The molecule has 0 saturated heterocycles. The van der Waals surface area contributed by atoms with Gasteiger partial charge in [-0.15, -0.1) is 0 Å². The summed E-state index contributed by atoms with van der Waals surface area (Å²) in [6.07, 6.45) is -0.529. The molecule has 88 valence electrons. The number of nitrogens with zero attached hydrogens (tertiary/aromatic N) is 1. The molecule has 1 amide bonds. The van der Waals surface area contributed by atoms with Crippen molar-refractivity contribution in [3.8, 4) is 5.75 Å². The van der Waals surface area contributed by atoms with Gasteiger partial charge in [-0.05, 0) is 25.5 Å². The van der Waals surface area contributed by atoms with Gasteiger partial charge >= 0.3 is 0 Å². The van der Waals surface area contributed by atoms with Crippen molar-refractivity contribution in [1.29, 1.82) is 0 Å². The van der Waals surface area contributed by atoms with Crippen LogP contribution in [0, 0.1) is 6.92 Å². The topological polar surface area (TPSA) is 55.6 Å². The largest absolute Gasteiger partial charge is 0.478 e. The van der Waals surface area contributed by atoms with Crippen molar-refractivity contribution in [2.75, 3.05) is 19.8 Å². The predicted octanol–water partition coefficient (Wildman–Crippen LogP) is 1.43. The molecule has 0 aliphatic carbocycles. The van der Waals surface area contributed by atoms with Gasteiger partial charge in [-0.2, -0.15) is 0 Å². The van der Waals surface area contributed by atoms with Crippen molar-refractivity contribution in [3.05, 3.63) is 23.8 Å². The summed E-state index contributed by atoms with van der Waals surface area (Å²) in [5, 5.41) is 0. The summed E-state index contributed by atoms with van der Waals surface area (Å²) in [4.78, 5) is 13.1. The lowest BCUT2D eigenvalue weighted by atomic mass is 10.2. The van der Waals surface area contributed by atoms with Crippen LogP contribution in [0.3, 0.4) is 0 Å². The van der Waals surface area contributed by atoms with E-state index in [-0.39, 0.29) is 5.91 Å². The van der Waals surface area contributed by atoms with E-state index in [2.05, 4.69) is 0 Å². The number of carbonyl (C=O) groups is 1. The van der Waals surface area contributed by atoms with E-state index >= 15 is 0 Å². The first kappa shape index (κ1) is 12.4. The monoisotopic (exact) mass is 222 g/mol. The Morgan fingerprint density at radius 2 is 2.06 bits per heavy atom. The number of aryl methyl sites for hydroxylation is 1. The Balaban J connectivity index is 2.85. The van der Waals surface area contributed by atoms with Crippen LogP contribution in [0.25, 0.3) is 0 Å². The van der Waals surface area contributed by atoms with E-state index in [9.17, 15) is 4.79 Å². The minimum atomic E-state index is -0.529. The summed E-state index contributed by atoms with van der Waals surface area (Å²) in [6.45, 7) is 3.62. The molecule has 0 bridgehead atoms. The summed E-state index contributed by atoms with van der Waals surface area (Å²) in [5.74, 6) is 0.507. The standard InChI is InChI=1S/C12H18N2O2/c1-8-6-5-7-10(13)11(8)16-9(2)12(15)14(3)4/h5-7,9H,13H2,1-4H3. The lowest BCUT2D eigenvalue weighted by Crippen LogP contribution is -2.35. The van der Waals surface area contributed by atoms with Crippen LogP contribution >= 0.6 is 0 Å². The number of nitrogens with two attached hydrogens (primary N) is 1. The number of carbonyl (C=O) groups excluding carboxylic acids is 1. The molecule has 0 radical (unpaired) electrons. The van der Waals surface area contributed by atoms with Gasteiger partial charge in [0, 0.05) is 14.1 Å². The van der Waals surface area contributed by atoms with Crippen molar-refractivity contribution in [3.63, 3.8) is 0 Å². The van der Waals surface area contributed by atoms with Crippen LogP contribution in [-0.4, -0.2) is 31.0 Å². The number of para-hydroxylation sites is 1. The number of amides is 1. The minimum Gasteiger partial charge on any atom is -0.478 e. The molecule has 0 saturated carbocycles. The molecule has 4 nitrogen and oxygen atoms in total. The average Bonchev–Trinajstić information content (AvgIpc) is 2.22. The van der Waals surface area contributed by atoms with Crippen LogP contribution in [-0.2, 0) is 4.79 Å². The van der Waals surface area contributed by atoms with Gasteiger partial charge in [-0.1, -0.05) is 12.1 Å². The average molecular weight is 222 g/mol. The number of benzene rings is 1. The lowest BCUT2D eigenvalue weighted by Gasteiger charge is -2.20. The van der Waals surface area contributed by atoms with Gasteiger partial charge in [0.05, 0.1) is 5.69 Å². The number of hydrogen-bond acceptors (Lipinski definition) is 3. The second-order valence-electron chi connectivity index (χ2n) is 3.99. The number of rotatable bonds is 3. The summed E-state index contributed by atoms with van der Waals surface area (Å²) in [5.41, 5.74) is 7.28. The fraction of sp³-hybridized carbons (Fsp3) is 0.417. The van der Waals surface area contributed by atoms with E-state index < -0.39 is 6.10 Å². The summed E-state index contributed by atoms with van der Waals surface area (Å²) < 4.78 is 5.58. The molecule has 0 spiro atoms. The fourth-order valence-electron chi connectivity index (χ4n) is 1.43. The van der Waals surface area contributed by atoms with Crippen LogP contribution in [0.1, 0.15) is 12.5 Å². The highest BCUT2D eigenvalue weighted by Gasteiger charge is 2.18. The molecule has 0 aliphatic heterocycles. The molecule has 0 fully saturated rings. The number of nitrogen functional groups attached to an aromatic ring is 1. The van der Waals surface area contributed by atoms with Gasteiger partial charge in [0.2, 0.25) is 0 Å². The van der Waals surface area contributed by atoms with E-state index in [4.69, 9.17) is 10.5 Å². The smallest absolute Gasteiger partial charge is 0.262 e. The van der Waals surface area contributed by atoms with Crippen LogP contribution in [0.4, 0.5) is 5.69 Å². The van der Waals surface area contributed by atoms with Gasteiger partial charge < -0.3 is 15.4 Å². The Morgan fingerprint density at radius 3 is 2.56 bits per heavy atom. The SMILES string of the molecule is Cc1cccc(N)c1OC(C)C(=O)N(C)C. The van der Waals surface area contributed by atoms with Crippen molar-refractivity contribution in [2.24, 2.45) is 0 Å². The Hall–Kier alpha value is -1.71. The number of anilines is 1. The van der Waals surface area contributed by atoms with Crippen molar-refractivity contribution < 1.29 is 9.53 Å². The molecule has 2 N–H and O–H groups in total. The van der Waals surface area contributed by atoms with E-state index in [0.29, 0.717) is 11.4 Å². The molecule has 0 aliphatic rings. The van der Waals surface area contributed by atoms with Crippen molar-refractivity contribution >= 4 is 11.6 Å². The molecule has 4 heteroatoms. The first-order valence-electron chi connectivity index (χ1n) is 5.16. The second-order valence-corrected chi connectivity index (χ2v) is 3.99. The molecule has 1 aromatic rings. The summed E-state index contributed by atoms with van der Waals surface area (Å²) >= 11 is 0. The Labute approximate surface area is 96.0 Å².